The van der Waals surface area contributed by atoms with Gasteiger partial charge >= 0.3 is 0 Å². The van der Waals surface area contributed by atoms with E-state index in [9.17, 15) is 13.6 Å². The van der Waals surface area contributed by atoms with Crippen molar-refractivity contribution in [3.63, 3.8) is 0 Å². The van der Waals surface area contributed by atoms with Gasteiger partial charge < -0.3 is 0 Å². The maximum atomic E-state index is 13.3. The molecule has 7 heteroatoms. The lowest BCUT2D eigenvalue weighted by Crippen LogP contribution is -2.15. The van der Waals surface area contributed by atoms with Crippen molar-refractivity contribution in [1.82, 2.24) is 10.2 Å². The molecule has 0 saturated heterocycles. The fraction of sp³-hybridized carbons (Fsp3) is 0.100. The first-order chi connectivity index (χ1) is 8.08. The third kappa shape index (κ3) is 2.44. The van der Waals surface area contributed by atoms with Crippen LogP contribution in [0.25, 0.3) is 0 Å². The van der Waals surface area contributed by atoms with Crippen LogP contribution in [-0.2, 0) is 0 Å². The summed E-state index contributed by atoms with van der Waals surface area (Å²) in [5.74, 6) is -2.70. The molecule has 0 aliphatic carbocycles. The van der Waals surface area contributed by atoms with E-state index in [1.807, 2.05) is 0 Å². The van der Waals surface area contributed by atoms with Gasteiger partial charge in [0.1, 0.15) is 22.2 Å². The summed E-state index contributed by atoms with van der Waals surface area (Å²) in [5, 5.41) is 10.4. The standard InChI is InChI=1S/C10H7F2N3OS/c1-5-14-15-10(17-5)13-9(16)8-6(11)3-2-4-7(8)12/h2-4H,1H3,(H,13,15,16). The van der Waals surface area contributed by atoms with E-state index in [0.29, 0.717) is 5.01 Å². The van der Waals surface area contributed by atoms with Gasteiger partial charge in [-0.2, -0.15) is 0 Å². The minimum atomic E-state index is -0.913. The Bertz CT molecular complexity index is 550. The Kier molecular flexibility index (Phi) is 3.10. The Morgan fingerprint density at radius 3 is 2.47 bits per heavy atom. The number of benzene rings is 1. The molecule has 0 unspecified atom stereocenters. The number of carbonyl (C=O) groups excluding carboxylic acids is 1. The minimum Gasteiger partial charge on any atom is -0.296 e. The van der Waals surface area contributed by atoms with E-state index >= 15 is 0 Å². The van der Waals surface area contributed by atoms with Crippen molar-refractivity contribution in [2.75, 3.05) is 5.32 Å². The number of hydrogen-bond donors (Lipinski definition) is 1. The van der Waals surface area contributed by atoms with Gasteiger partial charge in [0.15, 0.2) is 0 Å². The maximum Gasteiger partial charge on any atom is 0.263 e. The van der Waals surface area contributed by atoms with Crippen LogP contribution in [0.4, 0.5) is 13.9 Å². The second kappa shape index (κ2) is 4.54. The van der Waals surface area contributed by atoms with Crippen molar-refractivity contribution in [3.8, 4) is 0 Å². The molecule has 2 aromatic rings. The van der Waals surface area contributed by atoms with Crippen LogP contribution in [0, 0.1) is 18.6 Å². The number of hydrogen-bond acceptors (Lipinski definition) is 4. The summed E-state index contributed by atoms with van der Waals surface area (Å²) in [6.07, 6.45) is 0. The van der Waals surface area contributed by atoms with Gasteiger partial charge in [0, 0.05) is 0 Å². The van der Waals surface area contributed by atoms with Crippen LogP contribution in [0.2, 0.25) is 0 Å². The molecule has 1 N–H and O–H groups in total. The van der Waals surface area contributed by atoms with E-state index < -0.39 is 23.1 Å². The summed E-state index contributed by atoms with van der Waals surface area (Å²) in [6, 6.07) is 3.23. The lowest BCUT2D eigenvalue weighted by molar-refractivity contribution is 0.101. The number of anilines is 1. The SMILES string of the molecule is Cc1nnc(NC(=O)c2c(F)cccc2F)s1. The van der Waals surface area contributed by atoms with Crippen LogP contribution >= 0.6 is 11.3 Å². The van der Waals surface area contributed by atoms with Crippen LogP contribution in [0.5, 0.6) is 0 Å². The van der Waals surface area contributed by atoms with Crippen LogP contribution < -0.4 is 5.32 Å². The monoisotopic (exact) mass is 255 g/mol. The highest BCUT2D eigenvalue weighted by Gasteiger charge is 2.18. The summed E-state index contributed by atoms with van der Waals surface area (Å²) in [7, 11) is 0. The highest BCUT2D eigenvalue weighted by molar-refractivity contribution is 7.15. The van der Waals surface area contributed by atoms with E-state index in [2.05, 4.69) is 15.5 Å². The quantitative estimate of drug-likeness (QED) is 0.896. The zero-order chi connectivity index (χ0) is 12.4. The largest absolute Gasteiger partial charge is 0.296 e. The van der Waals surface area contributed by atoms with Gasteiger partial charge in [-0.25, -0.2) is 8.78 Å². The predicted octanol–water partition coefficient (Wildman–Crippen LogP) is 2.38. The number of halogens is 2. The Balaban J connectivity index is 2.26. The molecule has 0 spiro atoms. The second-order valence-corrected chi connectivity index (χ2v) is 4.36. The topological polar surface area (TPSA) is 54.9 Å². The zero-order valence-corrected chi connectivity index (χ0v) is 9.52. The number of carbonyl (C=O) groups is 1. The maximum absolute atomic E-state index is 13.3. The normalized spacial score (nSPS) is 10.3. The van der Waals surface area contributed by atoms with E-state index in [0.717, 1.165) is 23.5 Å². The van der Waals surface area contributed by atoms with Crippen LogP contribution in [0.3, 0.4) is 0 Å². The van der Waals surface area contributed by atoms with E-state index in [1.165, 1.54) is 6.07 Å². The molecule has 17 heavy (non-hydrogen) atoms. The van der Waals surface area contributed by atoms with Gasteiger partial charge in [0.25, 0.3) is 5.91 Å². The van der Waals surface area contributed by atoms with Crippen molar-refractivity contribution in [1.29, 1.82) is 0 Å². The first-order valence-corrected chi connectivity index (χ1v) is 5.45. The number of aryl methyl sites for hydroxylation is 1. The molecule has 2 rings (SSSR count). The Morgan fingerprint density at radius 2 is 1.94 bits per heavy atom. The Labute approximate surface area is 99.3 Å². The molecule has 1 aromatic carbocycles. The highest BCUT2D eigenvalue weighted by Crippen LogP contribution is 2.17. The number of amides is 1. The second-order valence-electron chi connectivity index (χ2n) is 3.18. The molecule has 4 nitrogen and oxygen atoms in total. The third-order valence-electron chi connectivity index (χ3n) is 1.94. The van der Waals surface area contributed by atoms with Gasteiger partial charge in [-0.3, -0.25) is 10.1 Å². The van der Waals surface area contributed by atoms with E-state index in [-0.39, 0.29) is 5.13 Å². The molecule has 1 heterocycles. The van der Waals surface area contributed by atoms with Crippen molar-refractivity contribution in [2.24, 2.45) is 0 Å². The predicted molar refractivity (Wildman–Crippen MR) is 59.0 cm³/mol. The lowest BCUT2D eigenvalue weighted by atomic mass is 10.2. The number of nitrogens with one attached hydrogen (secondary N) is 1. The molecule has 88 valence electrons. The van der Waals surface area contributed by atoms with Gasteiger partial charge in [-0.15, -0.1) is 10.2 Å². The summed E-state index contributed by atoms with van der Waals surface area (Å²) in [5.41, 5.74) is -0.625. The van der Waals surface area contributed by atoms with Gasteiger partial charge in [-0.05, 0) is 19.1 Å². The average molecular weight is 255 g/mol. The first-order valence-electron chi connectivity index (χ1n) is 4.63. The van der Waals surface area contributed by atoms with Crippen molar-refractivity contribution in [3.05, 3.63) is 40.4 Å². The summed E-state index contributed by atoms with van der Waals surface area (Å²) in [4.78, 5) is 11.6. The van der Waals surface area contributed by atoms with E-state index in [4.69, 9.17) is 0 Å². The minimum absolute atomic E-state index is 0.204. The highest BCUT2D eigenvalue weighted by atomic mass is 32.1. The molecule has 0 aliphatic heterocycles. The summed E-state index contributed by atoms with van der Waals surface area (Å²) < 4.78 is 26.6. The zero-order valence-electron chi connectivity index (χ0n) is 8.70. The Hall–Kier alpha value is -1.89. The van der Waals surface area contributed by atoms with Gasteiger partial charge in [0.05, 0.1) is 0 Å². The lowest BCUT2D eigenvalue weighted by Gasteiger charge is -2.03. The third-order valence-corrected chi connectivity index (χ3v) is 2.69. The number of aromatic nitrogens is 2. The molecular weight excluding hydrogens is 248 g/mol. The fourth-order valence-corrected chi connectivity index (χ4v) is 1.81. The number of nitrogens with zero attached hydrogens (tertiary/aromatic N) is 2. The first kappa shape index (κ1) is 11.6. The summed E-state index contributed by atoms with van der Waals surface area (Å²) in [6.45, 7) is 1.71. The molecule has 0 radical (unpaired) electrons. The molecule has 0 atom stereocenters. The van der Waals surface area contributed by atoms with Crippen molar-refractivity contribution >= 4 is 22.4 Å². The molecule has 1 aromatic heterocycles. The van der Waals surface area contributed by atoms with Gasteiger partial charge in [0.2, 0.25) is 5.13 Å². The average Bonchev–Trinajstić information content (AvgIpc) is 2.63. The molecule has 1 amide bonds. The van der Waals surface area contributed by atoms with E-state index in [1.54, 1.807) is 6.92 Å². The number of rotatable bonds is 2. The molecular formula is C10H7F2N3OS. The smallest absolute Gasteiger partial charge is 0.263 e. The molecule has 0 saturated carbocycles. The summed E-state index contributed by atoms with van der Waals surface area (Å²) >= 11 is 1.12. The molecule has 0 fully saturated rings. The van der Waals surface area contributed by atoms with Gasteiger partial charge in [-0.1, -0.05) is 17.4 Å². The Morgan fingerprint density at radius 1 is 1.29 bits per heavy atom. The van der Waals surface area contributed by atoms with Crippen LogP contribution in [0.1, 0.15) is 15.4 Å². The van der Waals surface area contributed by atoms with Crippen LogP contribution in [0.15, 0.2) is 18.2 Å². The molecule has 0 aliphatic rings. The van der Waals surface area contributed by atoms with Crippen molar-refractivity contribution in [2.45, 2.75) is 6.92 Å². The van der Waals surface area contributed by atoms with Crippen LogP contribution in [-0.4, -0.2) is 16.1 Å². The van der Waals surface area contributed by atoms with Crippen molar-refractivity contribution < 1.29 is 13.6 Å². The fourth-order valence-electron chi connectivity index (χ4n) is 1.22. The molecule has 0 bridgehead atoms.